The van der Waals surface area contributed by atoms with Crippen LogP contribution in [-0.4, -0.2) is 92.6 Å². The summed E-state index contributed by atoms with van der Waals surface area (Å²) in [6, 6.07) is -2.20. The lowest BCUT2D eigenvalue weighted by molar-refractivity contribution is -0.156. The first-order valence-electron chi connectivity index (χ1n) is 15.8. The fraction of sp³-hybridized carbons (Fsp3) is 0.788. The van der Waals surface area contributed by atoms with E-state index in [2.05, 4.69) is 10.1 Å². The number of carboxylic acid groups (broad SMARTS) is 2. The van der Waals surface area contributed by atoms with Crippen LogP contribution in [0.4, 0.5) is 14.4 Å². The van der Waals surface area contributed by atoms with Crippen LogP contribution < -0.4 is 11.1 Å². The Bertz CT molecular complexity index is 1110. The van der Waals surface area contributed by atoms with E-state index < -0.39 is 82.4 Å². The number of nitrogens with two attached hydrogens (primary N) is 1. The van der Waals surface area contributed by atoms with E-state index in [4.69, 9.17) is 39.6 Å². The van der Waals surface area contributed by atoms with Crippen LogP contribution in [-0.2, 0) is 47.6 Å². The second-order valence-electron chi connectivity index (χ2n) is 15.8. The molecular formula is C33H60N2O15. The minimum absolute atomic E-state index is 0.0325. The van der Waals surface area contributed by atoms with Crippen molar-refractivity contribution in [1.82, 2.24) is 5.32 Å². The summed E-state index contributed by atoms with van der Waals surface area (Å²) < 4.78 is 28.8. The molecule has 0 heterocycles. The highest BCUT2D eigenvalue weighted by atomic mass is 16.8. The van der Waals surface area contributed by atoms with E-state index in [-0.39, 0.29) is 25.7 Å². The van der Waals surface area contributed by atoms with Crippen molar-refractivity contribution in [2.75, 3.05) is 0 Å². The number of ether oxygens (including phenoxy) is 6. The molecule has 2 atom stereocenters. The maximum atomic E-state index is 11.5. The van der Waals surface area contributed by atoms with Crippen molar-refractivity contribution < 1.29 is 72.2 Å². The summed E-state index contributed by atoms with van der Waals surface area (Å²) >= 11 is 0. The summed E-state index contributed by atoms with van der Waals surface area (Å²) in [5, 5.41) is 19.7. The second kappa shape index (κ2) is 21.2. The highest BCUT2D eigenvalue weighted by Crippen LogP contribution is 2.13. The normalized spacial score (nSPS) is 12.9. The highest BCUT2D eigenvalue weighted by Gasteiger charge is 2.27. The predicted octanol–water partition coefficient (Wildman–Crippen LogP) is 5.48. The van der Waals surface area contributed by atoms with Crippen LogP contribution >= 0.6 is 0 Å². The van der Waals surface area contributed by atoms with Gasteiger partial charge in [-0.3, -0.25) is 14.4 Å². The van der Waals surface area contributed by atoms with Crippen LogP contribution in [0.15, 0.2) is 0 Å². The Labute approximate surface area is 295 Å². The van der Waals surface area contributed by atoms with Gasteiger partial charge in [0.1, 0.15) is 40.1 Å². The van der Waals surface area contributed by atoms with E-state index in [1.54, 1.807) is 104 Å². The van der Waals surface area contributed by atoms with Gasteiger partial charge in [-0.05, 0) is 117 Å². The molecule has 0 aromatic rings. The third kappa shape index (κ3) is 36.7. The number of rotatable bonds is 9. The molecule has 17 heteroatoms. The molecule has 0 fully saturated rings. The van der Waals surface area contributed by atoms with E-state index in [9.17, 15) is 33.6 Å². The van der Waals surface area contributed by atoms with Crippen LogP contribution in [0, 0.1) is 0 Å². The zero-order valence-electron chi connectivity index (χ0n) is 32.3. The first kappa shape index (κ1) is 50.2. The Morgan fingerprint density at radius 1 is 0.520 bits per heavy atom. The number of amides is 1. The number of esters is 2. The minimum Gasteiger partial charge on any atom is -0.480 e. The third-order valence-electron chi connectivity index (χ3n) is 4.39. The maximum Gasteiger partial charge on any atom is 0.519 e. The van der Waals surface area contributed by atoms with Gasteiger partial charge in [0.2, 0.25) is 0 Å². The van der Waals surface area contributed by atoms with E-state index in [1.165, 1.54) is 0 Å². The molecule has 0 saturated heterocycles. The summed E-state index contributed by atoms with van der Waals surface area (Å²) in [4.78, 5) is 77.6. The Morgan fingerprint density at radius 2 is 0.840 bits per heavy atom. The minimum atomic E-state index is -1.23. The SMILES string of the molecule is CC(C)(C)OC(=O)CC[C@H](N)C(=O)O.CC(C)(C)OC(=O)CC[C@H](NC(=O)OC(C)(C)C)C(=O)O.CC(C)(C)OC(=O)OC(=O)OC(C)(C)C. The zero-order chi connectivity index (χ0) is 40.5. The number of nitrogens with one attached hydrogen (secondary N) is 1. The molecule has 0 unspecified atom stereocenters. The molecule has 0 spiro atoms. The Kier molecular flexibility index (Phi) is 21.3. The number of carboxylic acids is 2. The Morgan fingerprint density at radius 3 is 1.12 bits per heavy atom. The monoisotopic (exact) mass is 724 g/mol. The summed E-state index contributed by atoms with van der Waals surface area (Å²) in [5.41, 5.74) is 1.94. The van der Waals surface area contributed by atoms with E-state index >= 15 is 0 Å². The lowest BCUT2D eigenvalue weighted by atomic mass is 10.1. The van der Waals surface area contributed by atoms with E-state index in [0.29, 0.717) is 0 Å². The van der Waals surface area contributed by atoms with Gasteiger partial charge in [0.15, 0.2) is 0 Å². The molecule has 17 nitrogen and oxygen atoms in total. The average Bonchev–Trinajstić information content (AvgIpc) is 2.79. The van der Waals surface area contributed by atoms with Gasteiger partial charge >= 0.3 is 42.3 Å². The molecule has 0 bridgehead atoms. The van der Waals surface area contributed by atoms with Crippen LogP contribution in [0.2, 0.25) is 0 Å². The number of carbonyl (C=O) groups is 7. The molecule has 292 valence electrons. The first-order valence-corrected chi connectivity index (χ1v) is 15.8. The average molecular weight is 725 g/mol. The Hall–Kier alpha value is -4.15. The van der Waals surface area contributed by atoms with Crippen molar-refractivity contribution in [3.05, 3.63) is 0 Å². The highest BCUT2D eigenvalue weighted by molar-refractivity contribution is 5.81. The van der Waals surface area contributed by atoms with Crippen LogP contribution in [0.3, 0.4) is 0 Å². The summed E-state index contributed by atoms with van der Waals surface area (Å²) in [6.07, 6.45) is -2.99. The molecule has 0 aliphatic heterocycles. The number of hydrogen-bond acceptors (Lipinski definition) is 14. The molecule has 50 heavy (non-hydrogen) atoms. The number of aliphatic carboxylic acids is 2. The molecule has 0 saturated carbocycles. The molecule has 0 rings (SSSR count). The third-order valence-corrected chi connectivity index (χ3v) is 4.39. The van der Waals surface area contributed by atoms with Gasteiger partial charge in [-0.25, -0.2) is 19.2 Å². The molecule has 1 amide bonds. The first-order chi connectivity index (χ1) is 22.0. The van der Waals surface area contributed by atoms with Crippen LogP contribution in [0.1, 0.15) is 130 Å². The number of alkyl carbamates (subject to hydrolysis) is 1. The van der Waals surface area contributed by atoms with Crippen molar-refractivity contribution in [3.63, 3.8) is 0 Å². The van der Waals surface area contributed by atoms with Gasteiger partial charge < -0.3 is 49.7 Å². The van der Waals surface area contributed by atoms with Crippen molar-refractivity contribution in [1.29, 1.82) is 0 Å². The lowest BCUT2D eigenvalue weighted by Crippen LogP contribution is -2.43. The topological polar surface area (TPSA) is 253 Å². The molecule has 0 aliphatic rings. The van der Waals surface area contributed by atoms with Crippen molar-refractivity contribution >= 4 is 42.3 Å². The fourth-order valence-electron chi connectivity index (χ4n) is 2.76. The zero-order valence-corrected chi connectivity index (χ0v) is 32.3. The fourth-order valence-corrected chi connectivity index (χ4v) is 2.76. The molecule has 5 N–H and O–H groups in total. The largest absolute Gasteiger partial charge is 0.519 e. The van der Waals surface area contributed by atoms with Gasteiger partial charge in [0.25, 0.3) is 0 Å². The lowest BCUT2D eigenvalue weighted by Gasteiger charge is -2.22. The van der Waals surface area contributed by atoms with Gasteiger partial charge in [0.05, 0.1) is 0 Å². The summed E-state index contributed by atoms with van der Waals surface area (Å²) in [6.45, 7) is 25.4. The van der Waals surface area contributed by atoms with E-state index in [0.717, 1.165) is 0 Å². The van der Waals surface area contributed by atoms with Gasteiger partial charge in [-0.2, -0.15) is 0 Å². The molecular weight excluding hydrogens is 664 g/mol. The maximum absolute atomic E-state index is 11.5. The molecule has 0 aromatic heterocycles. The van der Waals surface area contributed by atoms with Gasteiger partial charge in [-0.1, -0.05) is 0 Å². The number of hydrogen-bond donors (Lipinski definition) is 4. The molecule has 0 radical (unpaired) electrons. The standard InChI is InChI=1S/C14H25NO6.C10H18O5.C9H17NO4/c1-13(2,3)20-10(16)8-7-9(11(17)18)15-12(19)21-14(4,5)6;1-9(2,3)14-7(11)13-8(12)15-10(4,5)6;1-9(2,3)14-7(11)5-4-6(10)8(12)13/h9H,7-8H2,1-6H3,(H,15,19)(H,17,18);1-6H3;6H,4-5,10H2,1-3H3,(H,12,13)/t9-;;6-/m0.0/s1. The summed E-state index contributed by atoms with van der Waals surface area (Å²) in [5.74, 6) is -3.27. The summed E-state index contributed by atoms with van der Waals surface area (Å²) in [7, 11) is 0. The van der Waals surface area contributed by atoms with Crippen LogP contribution in [0.5, 0.6) is 0 Å². The second-order valence-corrected chi connectivity index (χ2v) is 15.8. The van der Waals surface area contributed by atoms with E-state index in [1.807, 2.05) is 0 Å². The van der Waals surface area contributed by atoms with Crippen LogP contribution in [0.25, 0.3) is 0 Å². The molecule has 0 aromatic carbocycles. The smallest absolute Gasteiger partial charge is 0.480 e. The predicted molar refractivity (Wildman–Crippen MR) is 180 cm³/mol. The van der Waals surface area contributed by atoms with Crippen molar-refractivity contribution in [2.45, 2.75) is 170 Å². The Balaban J connectivity index is -0.000000682. The van der Waals surface area contributed by atoms with Crippen molar-refractivity contribution in [3.8, 4) is 0 Å². The molecule has 0 aliphatic carbocycles. The van der Waals surface area contributed by atoms with Gasteiger partial charge in [-0.15, -0.1) is 0 Å². The quantitative estimate of drug-likeness (QED) is 0.130. The van der Waals surface area contributed by atoms with Gasteiger partial charge in [0, 0.05) is 12.8 Å². The number of carbonyl (C=O) groups excluding carboxylic acids is 5. The van der Waals surface area contributed by atoms with Crippen molar-refractivity contribution in [2.24, 2.45) is 5.73 Å².